The third-order valence-corrected chi connectivity index (χ3v) is 8.22. The minimum atomic E-state index is 0. The first-order valence-electron chi connectivity index (χ1n) is 9.78. The predicted molar refractivity (Wildman–Crippen MR) is 130 cm³/mol. The normalized spacial score (nSPS) is 21.8. The van der Waals surface area contributed by atoms with Gasteiger partial charge in [0.1, 0.15) is 6.17 Å². The average molecular weight is 477 g/mol. The van der Waals surface area contributed by atoms with Crippen LogP contribution in [0.5, 0.6) is 0 Å². The highest BCUT2D eigenvalue weighted by Crippen LogP contribution is 2.47. The van der Waals surface area contributed by atoms with Crippen LogP contribution in [0.4, 0.5) is 5.69 Å². The van der Waals surface area contributed by atoms with Gasteiger partial charge in [0, 0.05) is 60.4 Å². The number of hydrogen-bond acceptors (Lipinski definition) is 6. The number of aryl methyl sites for hydroxylation is 1. The van der Waals surface area contributed by atoms with Gasteiger partial charge in [0.2, 0.25) is 0 Å². The molecule has 1 saturated heterocycles. The van der Waals surface area contributed by atoms with Crippen LogP contribution in [0.3, 0.4) is 0 Å². The summed E-state index contributed by atoms with van der Waals surface area (Å²) >= 11 is 3.88. The van der Waals surface area contributed by atoms with Gasteiger partial charge in [-0.15, -0.1) is 36.2 Å². The molecule has 0 saturated carbocycles. The van der Waals surface area contributed by atoms with Crippen LogP contribution in [-0.2, 0) is 11.2 Å². The molecule has 0 aliphatic carbocycles. The van der Waals surface area contributed by atoms with Crippen LogP contribution < -0.4 is 5.32 Å². The van der Waals surface area contributed by atoms with Crippen molar-refractivity contribution in [2.45, 2.75) is 41.1 Å². The molecule has 1 aromatic carbocycles. The van der Waals surface area contributed by atoms with Gasteiger partial charge >= 0.3 is 0 Å². The lowest BCUT2D eigenvalue weighted by molar-refractivity contribution is 0.0522. The van der Waals surface area contributed by atoms with E-state index in [4.69, 9.17) is 4.74 Å². The lowest BCUT2D eigenvalue weighted by atomic mass is 10.1. The first kappa shape index (κ1) is 24.8. The fraction of sp³-hybridized carbons (Fsp3) is 0.524. The number of para-hydroxylation sites is 1. The van der Waals surface area contributed by atoms with E-state index in [1.165, 1.54) is 25.2 Å². The zero-order chi connectivity index (χ0) is 18.8. The van der Waals surface area contributed by atoms with Crippen LogP contribution in [0, 0.1) is 0 Å². The standard InChI is InChI=1S/C21H29N3OS2.2ClH/c1-4-16-13-17-20(24-11-10-23(2)15(14-24)9-12-25-3)22-18-7-5-6-8-19(18)27-21(17)26-16;;/h5-8,13,15,20,22H,4,9-12,14H2,1-3H3;2*1H/t15-,20?;;/m0../s1. The second-order valence-electron chi connectivity index (χ2n) is 7.37. The Morgan fingerprint density at radius 1 is 1.21 bits per heavy atom. The van der Waals surface area contributed by atoms with E-state index < -0.39 is 0 Å². The Labute approximate surface area is 195 Å². The van der Waals surface area contributed by atoms with Crippen LogP contribution in [-0.4, -0.2) is 56.2 Å². The number of rotatable bonds is 5. The molecule has 2 aliphatic rings. The minimum Gasteiger partial charge on any atom is -0.385 e. The predicted octanol–water partition coefficient (Wildman–Crippen LogP) is 5.38. The first-order chi connectivity index (χ1) is 13.2. The zero-order valence-electron chi connectivity index (χ0n) is 17.2. The third kappa shape index (κ3) is 5.42. The van der Waals surface area contributed by atoms with Gasteiger partial charge in [0.05, 0.1) is 4.21 Å². The SMILES string of the molecule is CCc1cc2c(s1)Sc1ccccc1NC2N1CCN(C)[C@@H](CCOC)C1.Cl.Cl. The highest BCUT2D eigenvalue weighted by molar-refractivity contribution is 8.01. The van der Waals surface area contributed by atoms with E-state index >= 15 is 0 Å². The summed E-state index contributed by atoms with van der Waals surface area (Å²) in [6.07, 6.45) is 2.43. The Hall–Kier alpha value is -0.470. The van der Waals surface area contributed by atoms with E-state index in [0.717, 1.165) is 39.1 Å². The van der Waals surface area contributed by atoms with Crippen molar-refractivity contribution in [3.63, 3.8) is 0 Å². The molecule has 1 N–H and O–H groups in total. The van der Waals surface area contributed by atoms with Crippen LogP contribution in [0.25, 0.3) is 0 Å². The van der Waals surface area contributed by atoms with Gasteiger partial charge in [-0.1, -0.05) is 30.8 Å². The fourth-order valence-electron chi connectivity index (χ4n) is 3.94. The molecular formula is C21H31Cl2N3OS2. The topological polar surface area (TPSA) is 27.7 Å². The number of fused-ring (bicyclic) bond motifs is 2. The molecule has 2 atom stereocenters. The maximum absolute atomic E-state index is 5.35. The largest absolute Gasteiger partial charge is 0.385 e. The van der Waals surface area contributed by atoms with Gasteiger partial charge in [-0.3, -0.25) is 4.90 Å². The van der Waals surface area contributed by atoms with E-state index in [2.05, 4.69) is 59.4 Å². The maximum atomic E-state index is 5.35. The van der Waals surface area contributed by atoms with Crippen LogP contribution >= 0.6 is 47.9 Å². The van der Waals surface area contributed by atoms with E-state index in [0.29, 0.717) is 6.04 Å². The monoisotopic (exact) mass is 475 g/mol. The van der Waals surface area contributed by atoms with E-state index in [9.17, 15) is 0 Å². The Morgan fingerprint density at radius 2 is 2.00 bits per heavy atom. The van der Waals surface area contributed by atoms with Crippen molar-refractivity contribution in [2.24, 2.45) is 0 Å². The summed E-state index contributed by atoms with van der Waals surface area (Å²) in [6.45, 7) is 6.33. The molecule has 1 unspecified atom stereocenters. The number of nitrogens with zero attached hydrogens (tertiary/aromatic N) is 2. The number of anilines is 1. The van der Waals surface area contributed by atoms with Crippen molar-refractivity contribution < 1.29 is 4.74 Å². The molecule has 0 amide bonds. The second kappa shape index (κ2) is 11.2. The van der Waals surface area contributed by atoms with E-state index in [1.807, 2.05) is 23.1 Å². The number of halogens is 2. The highest BCUT2D eigenvalue weighted by atomic mass is 35.5. The molecule has 4 nitrogen and oxygen atoms in total. The lowest BCUT2D eigenvalue weighted by Crippen LogP contribution is -2.53. The van der Waals surface area contributed by atoms with Crippen molar-refractivity contribution in [1.29, 1.82) is 0 Å². The van der Waals surface area contributed by atoms with E-state index in [-0.39, 0.29) is 31.0 Å². The lowest BCUT2D eigenvalue weighted by Gasteiger charge is -2.43. The zero-order valence-corrected chi connectivity index (χ0v) is 20.5. The van der Waals surface area contributed by atoms with Gasteiger partial charge in [-0.2, -0.15) is 0 Å². The summed E-state index contributed by atoms with van der Waals surface area (Å²) in [7, 11) is 4.04. The molecule has 4 rings (SSSR count). The summed E-state index contributed by atoms with van der Waals surface area (Å²) in [5.41, 5.74) is 2.70. The number of ether oxygens (including phenoxy) is 1. The molecule has 8 heteroatoms. The Balaban J connectivity index is 0.00000150. The molecule has 2 aliphatic heterocycles. The number of hydrogen-bond donors (Lipinski definition) is 1. The average Bonchev–Trinajstić information content (AvgIpc) is 3.02. The summed E-state index contributed by atoms with van der Waals surface area (Å²) in [5.74, 6) is 0. The Bertz CT molecular complexity index is 789. The fourth-order valence-corrected chi connectivity index (χ4v) is 6.43. The number of likely N-dealkylation sites (N-methyl/N-ethyl adjacent to an activating group) is 1. The molecule has 1 aromatic heterocycles. The summed E-state index contributed by atoms with van der Waals surface area (Å²) in [6, 6.07) is 11.7. The molecule has 29 heavy (non-hydrogen) atoms. The maximum Gasteiger partial charge on any atom is 0.108 e. The molecular weight excluding hydrogens is 445 g/mol. The third-order valence-electron chi connectivity index (χ3n) is 5.63. The first-order valence-corrected chi connectivity index (χ1v) is 11.4. The molecule has 0 spiro atoms. The number of thiophene rings is 1. The molecule has 1 fully saturated rings. The van der Waals surface area contributed by atoms with Crippen LogP contribution in [0.1, 0.15) is 30.0 Å². The summed E-state index contributed by atoms with van der Waals surface area (Å²) in [4.78, 5) is 7.93. The van der Waals surface area contributed by atoms with Crippen molar-refractivity contribution >= 4 is 53.6 Å². The molecule has 0 radical (unpaired) electrons. The summed E-state index contributed by atoms with van der Waals surface area (Å²) < 4.78 is 6.80. The van der Waals surface area contributed by atoms with Gasteiger partial charge in [-0.05, 0) is 38.1 Å². The molecule has 162 valence electrons. The van der Waals surface area contributed by atoms with Crippen LogP contribution in [0.2, 0.25) is 0 Å². The number of benzene rings is 1. The smallest absolute Gasteiger partial charge is 0.108 e. The Kier molecular flexibility index (Phi) is 9.61. The van der Waals surface area contributed by atoms with Gasteiger partial charge in [0.25, 0.3) is 0 Å². The highest BCUT2D eigenvalue weighted by Gasteiger charge is 2.33. The molecule has 2 aromatic rings. The number of nitrogens with one attached hydrogen (secondary N) is 1. The van der Waals surface area contributed by atoms with Gasteiger partial charge in [0.15, 0.2) is 0 Å². The number of methoxy groups -OCH3 is 1. The Morgan fingerprint density at radius 3 is 2.76 bits per heavy atom. The molecule has 3 heterocycles. The minimum absolute atomic E-state index is 0. The van der Waals surface area contributed by atoms with Gasteiger partial charge < -0.3 is 15.0 Å². The van der Waals surface area contributed by atoms with Gasteiger partial charge in [-0.25, -0.2) is 0 Å². The molecule has 0 bridgehead atoms. The summed E-state index contributed by atoms with van der Waals surface area (Å²) in [5, 5.41) is 3.88. The van der Waals surface area contributed by atoms with Crippen LogP contribution in [0.15, 0.2) is 39.4 Å². The second-order valence-corrected chi connectivity index (χ2v) is 9.81. The van der Waals surface area contributed by atoms with Crippen molar-refractivity contribution in [2.75, 3.05) is 45.7 Å². The number of piperazine rings is 1. The van der Waals surface area contributed by atoms with Crippen molar-refractivity contribution in [3.8, 4) is 0 Å². The van der Waals surface area contributed by atoms with E-state index in [1.54, 1.807) is 7.11 Å². The van der Waals surface area contributed by atoms with Crippen molar-refractivity contribution in [3.05, 3.63) is 40.8 Å². The quantitative estimate of drug-likeness (QED) is 0.626. The van der Waals surface area contributed by atoms with Crippen molar-refractivity contribution in [1.82, 2.24) is 9.80 Å².